The van der Waals surface area contributed by atoms with E-state index >= 15 is 0 Å². The van der Waals surface area contributed by atoms with Crippen molar-refractivity contribution >= 4 is 16.7 Å². The van der Waals surface area contributed by atoms with Crippen molar-refractivity contribution in [2.24, 2.45) is 7.05 Å². The highest BCUT2D eigenvalue weighted by atomic mass is 19.1. The van der Waals surface area contributed by atoms with Gasteiger partial charge in [0.25, 0.3) is 5.56 Å². The average molecular weight is 469 g/mol. The number of pyridine rings is 1. The fraction of sp³-hybridized carbons (Fsp3) is 0.480. The number of aromatic nitrogens is 3. The van der Waals surface area contributed by atoms with Crippen molar-refractivity contribution in [2.45, 2.75) is 58.3 Å². The third-order valence-electron chi connectivity index (χ3n) is 7.08. The maximum absolute atomic E-state index is 14.6. The number of hydrogen-bond donors (Lipinski definition) is 0. The second kappa shape index (κ2) is 9.55. The van der Waals surface area contributed by atoms with E-state index in [0.717, 1.165) is 18.5 Å². The third-order valence-corrected chi connectivity index (χ3v) is 7.08. The van der Waals surface area contributed by atoms with Gasteiger partial charge in [0.1, 0.15) is 23.7 Å². The average Bonchev–Trinajstić information content (AvgIpc) is 3.24. The molecule has 0 radical (unpaired) electrons. The van der Waals surface area contributed by atoms with Crippen LogP contribution in [0.4, 0.5) is 14.5 Å². The zero-order valence-electron chi connectivity index (χ0n) is 20.0. The second-order valence-electron chi connectivity index (χ2n) is 8.93. The molecule has 1 aromatic carbocycles. The van der Waals surface area contributed by atoms with Crippen LogP contribution in [0, 0.1) is 23.0 Å². The van der Waals surface area contributed by atoms with Crippen LogP contribution in [0.1, 0.15) is 45.2 Å². The van der Waals surface area contributed by atoms with Gasteiger partial charge in [-0.05, 0) is 31.9 Å². The number of nitriles is 1. The Morgan fingerprint density at radius 1 is 1.18 bits per heavy atom. The predicted octanol–water partition coefficient (Wildman–Crippen LogP) is 3.98. The monoisotopic (exact) mass is 468 g/mol. The van der Waals surface area contributed by atoms with Crippen molar-refractivity contribution in [1.82, 2.24) is 19.2 Å². The Morgan fingerprint density at radius 2 is 1.85 bits per heavy atom. The first-order chi connectivity index (χ1) is 16.3. The Balaban J connectivity index is 1.75. The van der Waals surface area contributed by atoms with Gasteiger partial charge in [-0.3, -0.25) is 14.4 Å². The lowest BCUT2D eigenvalue weighted by Gasteiger charge is -2.49. The molecule has 180 valence electrons. The lowest BCUT2D eigenvalue weighted by molar-refractivity contribution is 0.0973. The molecule has 0 saturated carbocycles. The fourth-order valence-electron chi connectivity index (χ4n) is 5.14. The van der Waals surface area contributed by atoms with Crippen LogP contribution in [-0.4, -0.2) is 44.4 Å². The predicted molar refractivity (Wildman–Crippen MR) is 128 cm³/mol. The van der Waals surface area contributed by atoms with Crippen LogP contribution >= 0.6 is 0 Å². The number of piperazine rings is 1. The maximum atomic E-state index is 14.6. The Labute approximate surface area is 197 Å². The molecule has 0 aliphatic carbocycles. The van der Waals surface area contributed by atoms with Crippen LogP contribution < -0.4 is 10.5 Å². The zero-order chi connectivity index (χ0) is 24.6. The van der Waals surface area contributed by atoms with E-state index < -0.39 is 17.7 Å². The summed E-state index contributed by atoms with van der Waals surface area (Å²) in [5, 5.41) is 13.7. The quantitative estimate of drug-likeness (QED) is 0.547. The van der Waals surface area contributed by atoms with Crippen molar-refractivity contribution in [2.75, 3.05) is 18.0 Å². The van der Waals surface area contributed by atoms with Crippen LogP contribution in [0.3, 0.4) is 0 Å². The van der Waals surface area contributed by atoms with Gasteiger partial charge >= 0.3 is 0 Å². The van der Waals surface area contributed by atoms with Gasteiger partial charge in [-0.2, -0.15) is 10.4 Å². The molecule has 1 aliphatic heterocycles. The lowest BCUT2D eigenvalue weighted by Crippen LogP contribution is -2.59. The summed E-state index contributed by atoms with van der Waals surface area (Å²) in [6, 6.07) is 7.31. The lowest BCUT2D eigenvalue weighted by atomic mass is 9.96. The number of benzene rings is 1. The second-order valence-corrected chi connectivity index (χ2v) is 8.93. The number of nitrogens with zero attached hydrogens (tertiary/aromatic N) is 6. The number of fused-ring (bicyclic) bond motifs is 1. The Bertz CT molecular complexity index is 1270. The molecule has 2 aromatic heterocycles. The first kappa shape index (κ1) is 23.9. The number of anilines is 1. The summed E-state index contributed by atoms with van der Waals surface area (Å²) >= 11 is 0. The third kappa shape index (κ3) is 4.07. The number of hydrogen-bond acceptors (Lipinski definition) is 5. The summed E-state index contributed by atoms with van der Waals surface area (Å²) in [6.45, 7) is 7.28. The molecule has 4 rings (SSSR count). The highest BCUT2D eigenvalue weighted by Crippen LogP contribution is 2.35. The van der Waals surface area contributed by atoms with E-state index in [9.17, 15) is 13.6 Å². The van der Waals surface area contributed by atoms with E-state index in [-0.39, 0.29) is 29.8 Å². The van der Waals surface area contributed by atoms with Gasteiger partial charge in [0, 0.05) is 49.9 Å². The van der Waals surface area contributed by atoms with Gasteiger partial charge in [0.15, 0.2) is 0 Å². The molecule has 0 bridgehead atoms. The van der Waals surface area contributed by atoms with Gasteiger partial charge in [0.2, 0.25) is 0 Å². The molecule has 3 heterocycles. The minimum absolute atomic E-state index is 0.0245. The Morgan fingerprint density at radius 3 is 2.47 bits per heavy atom. The van der Waals surface area contributed by atoms with E-state index in [1.54, 1.807) is 24.0 Å². The van der Waals surface area contributed by atoms with Crippen LogP contribution in [-0.2, 0) is 13.6 Å². The molecule has 0 amide bonds. The molecule has 7 nitrogen and oxygen atoms in total. The van der Waals surface area contributed by atoms with Crippen molar-refractivity contribution in [3.63, 3.8) is 0 Å². The van der Waals surface area contributed by atoms with Gasteiger partial charge in [-0.1, -0.05) is 19.9 Å². The van der Waals surface area contributed by atoms with Gasteiger partial charge < -0.3 is 9.47 Å². The van der Waals surface area contributed by atoms with E-state index in [1.807, 2.05) is 6.92 Å². The summed E-state index contributed by atoms with van der Waals surface area (Å²) in [6.07, 6.45) is 3.29. The molecule has 34 heavy (non-hydrogen) atoms. The highest BCUT2D eigenvalue weighted by Gasteiger charge is 2.37. The van der Waals surface area contributed by atoms with Crippen LogP contribution in [0.2, 0.25) is 0 Å². The van der Waals surface area contributed by atoms with Crippen molar-refractivity contribution in [3.8, 4) is 6.07 Å². The standard InChI is InChI=1S/C25H30F2N6O/c1-5-17-14-33(21-12-23(34)30(4)22-15-31(11-10-28)29-25(21)22)18(6-2)13-32(17)16(3)24-19(26)8-7-9-20(24)27/h7-9,12,15-18H,5-6,11,13-14H2,1-4H3/t16?,17-,18+/m1/s1. The minimum atomic E-state index is -0.533. The van der Waals surface area contributed by atoms with Gasteiger partial charge in [0.05, 0.1) is 23.5 Å². The first-order valence-electron chi connectivity index (χ1n) is 11.7. The summed E-state index contributed by atoms with van der Waals surface area (Å²) in [5.74, 6) is -1.07. The summed E-state index contributed by atoms with van der Waals surface area (Å²) in [4.78, 5) is 17.2. The topological polar surface area (TPSA) is 70.1 Å². The van der Waals surface area contributed by atoms with E-state index in [1.165, 1.54) is 22.8 Å². The number of aryl methyl sites for hydroxylation is 1. The van der Waals surface area contributed by atoms with Crippen LogP contribution in [0.25, 0.3) is 11.0 Å². The summed E-state index contributed by atoms with van der Waals surface area (Å²) in [5.41, 5.74) is 2.03. The van der Waals surface area contributed by atoms with Gasteiger partial charge in [-0.25, -0.2) is 8.78 Å². The molecule has 0 N–H and O–H groups in total. The molecular weight excluding hydrogens is 438 g/mol. The molecule has 9 heteroatoms. The largest absolute Gasteiger partial charge is 0.364 e. The van der Waals surface area contributed by atoms with Crippen LogP contribution in [0.15, 0.2) is 35.3 Å². The van der Waals surface area contributed by atoms with E-state index in [2.05, 4.69) is 34.8 Å². The number of halogens is 2. The molecule has 1 aliphatic rings. The number of rotatable bonds is 6. The Kier molecular flexibility index (Phi) is 6.71. The van der Waals surface area contributed by atoms with Crippen molar-refractivity contribution in [3.05, 3.63) is 58.0 Å². The molecule has 1 saturated heterocycles. The zero-order valence-corrected chi connectivity index (χ0v) is 20.0. The molecule has 3 aromatic rings. The SMILES string of the molecule is CC[C@H]1CN(C(C)c2c(F)cccc2F)[C@H](CC)CN1c1cc(=O)n(C)c2cn(CC#N)nc12. The van der Waals surface area contributed by atoms with E-state index in [0.29, 0.717) is 24.1 Å². The smallest absolute Gasteiger partial charge is 0.252 e. The summed E-state index contributed by atoms with van der Waals surface area (Å²) in [7, 11) is 1.70. The summed E-state index contributed by atoms with van der Waals surface area (Å²) < 4.78 is 32.2. The molecule has 1 unspecified atom stereocenters. The molecular formula is C25H30F2N6O. The maximum Gasteiger partial charge on any atom is 0.252 e. The molecule has 1 fully saturated rings. The van der Waals surface area contributed by atoms with Gasteiger partial charge in [-0.15, -0.1) is 0 Å². The highest BCUT2D eigenvalue weighted by molar-refractivity contribution is 5.88. The van der Waals surface area contributed by atoms with Crippen molar-refractivity contribution < 1.29 is 8.78 Å². The fourth-order valence-corrected chi connectivity index (χ4v) is 5.14. The molecule has 3 atom stereocenters. The first-order valence-corrected chi connectivity index (χ1v) is 11.7. The van der Waals surface area contributed by atoms with E-state index in [4.69, 9.17) is 5.26 Å². The molecule has 0 spiro atoms. The Hall–Kier alpha value is -3.25. The van der Waals surface area contributed by atoms with Crippen molar-refractivity contribution in [1.29, 1.82) is 5.26 Å². The minimum Gasteiger partial charge on any atom is -0.364 e. The van der Waals surface area contributed by atoms with Crippen LogP contribution in [0.5, 0.6) is 0 Å². The normalized spacial score (nSPS) is 20.0.